The van der Waals surface area contributed by atoms with Crippen LogP contribution in [0.1, 0.15) is 44.6 Å². The minimum atomic E-state index is -3.40. The van der Waals surface area contributed by atoms with Gasteiger partial charge in [-0.2, -0.15) is 0 Å². The Bertz CT molecular complexity index is 532. The van der Waals surface area contributed by atoms with Gasteiger partial charge >= 0.3 is 0 Å². The summed E-state index contributed by atoms with van der Waals surface area (Å²) in [6.07, 6.45) is 3.10. The second-order valence-corrected chi connectivity index (χ2v) is 7.34. The van der Waals surface area contributed by atoms with E-state index in [1.165, 1.54) is 0 Å². The molecule has 1 aromatic carbocycles. The van der Waals surface area contributed by atoms with Crippen molar-refractivity contribution in [3.05, 3.63) is 35.9 Å². The zero-order chi connectivity index (χ0) is 14.6. The molecule has 0 amide bonds. The van der Waals surface area contributed by atoms with E-state index in [1.807, 2.05) is 6.07 Å². The molecule has 20 heavy (non-hydrogen) atoms. The molecule has 2 atom stereocenters. The number of nitrogens with one attached hydrogen (secondary N) is 1. The van der Waals surface area contributed by atoms with Gasteiger partial charge in [-0.15, -0.1) is 0 Å². The van der Waals surface area contributed by atoms with E-state index in [0.717, 1.165) is 12.8 Å². The van der Waals surface area contributed by atoms with Crippen molar-refractivity contribution < 1.29 is 12.8 Å². The average molecular weight is 299 g/mol. The zero-order valence-electron chi connectivity index (χ0n) is 11.8. The summed E-state index contributed by atoms with van der Waals surface area (Å²) in [5.41, 5.74) is -1.02. The summed E-state index contributed by atoms with van der Waals surface area (Å²) in [7, 11) is -3.40. The van der Waals surface area contributed by atoms with Crippen LogP contribution in [0.4, 0.5) is 4.39 Å². The van der Waals surface area contributed by atoms with E-state index in [1.54, 1.807) is 31.2 Å². The summed E-state index contributed by atoms with van der Waals surface area (Å²) in [6.45, 7) is 1.81. The quantitative estimate of drug-likeness (QED) is 0.908. The predicted molar refractivity (Wildman–Crippen MR) is 78.7 cm³/mol. The van der Waals surface area contributed by atoms with E-state index in [2.05, 4.69) is 4.72 Å². The van der Waals surface area contributed by atoms with Crippen LogP contribution in [0.25, 0.3) is 0 Å². The summed E-state index contributed by atoms with van der Waals surface area (Å²) in [5, 5.41) is 0. The standard InChI is InChI=1S/C15H22FNO2S/c1-2-12-20(18,19)17-14-10-6-7-11-15(14,16)13-8-4-3-5-9-13/h3-5,8-9,14,17H,2,6-7,10-12H2,1H3. The van der Waals surface area contributed by atoms with Crippen molar-refractivity contribution in [2.75, 3.05) is 5.75 Å². The maximum Gasteiger partial charge on any atom is 0.211 e. The Labute approximate surface area is 120 Å². The fourth-order valence-electron chi connectivity index (χ4n) is 2.89. The minimum Gasteiger partial charge on any atom is -0.237 e. The van der Waals surface area contributed by atoms with Crippen LogP contribution >= 0.6 is 0 Å². The Kier molecular flexibility index (Phi) is 4.81. The smallest absolute Gasteiger partial charge is 0.211 e. The predicted octanol–water partition coefficient (Wildman–Crippen LogP) is 3.12. The monoisotopic (exact) mass is 299 g/mol. The molecule has 1 N–H and O–H groups in total. The van der Waals surface area contributed by atoms with Gasteiger partial charge in [0, 0.05) is 0 Å². The van der Waals surface area contributed by atoms with Crippen molar-refractivity contribution in [1.82, 2.24) is 4.72 Å². The molecule has 1 fully saturated rings. The van der Waals surface area contributed by atoms with Crippen LogP contribution in [0.5, 0.6) is 0 Å². The van der Waals surface area contributed by atoms with Crippen molar-refractivity contribution >= 4 is 10.0 Å². The third-order valence-electron chi connectivity index (χ3n) is 3.88. The molecule has 5 heteroatoms. The maximum absolute atomic E-state index is 15.4. The van der Waals surface area contributed by atoms with E-state index in [0.29, 0.717) is 24.8 Å². The number of benzene rings is 1. The highest BCUT2D eigenvalue weighted by molar-refractivity contribution is 7.89. The topological polar surface area (TPSA) is 46.2 Å². The van der Waals surface area contributed by atoms with E-state index < -0.39 is 21.7 Å². The molecule has 0 aromatic heterocycles. The molecule has 1 aliphatic rings. The maximum atomic E-state index is 15.4. The third-order valence-corrected chi connectivity index (χ3v) is 5.47. The molecular weight excluding hydrogens is 277 g/mol. The van der Waals surface area contributed by atoms with Crippen LogP contribution in [-0.2, 0) is 15.7 Å². The number of alkyl halides is 1. The number of rotatable bonds is 5. The van der Waals surface area contributed by atoms with Crippen LogP contribution in [0.2, 0.25) is 0 Å². The highest BCUT2D eigenvalue weighted by atomic mass is 32.2. The fraction of sp³-hybridized carbons (Fsp3) is 0.600. The Morgan fingerprint density at radius 3 is 2.65 bits per heavy atom. The molecule has 3 nitrogen and oxygen atoms in total. The second kappa shape index (κ2) is 6.22. The molecule has 0 aliphatic heterocycles. The largest absolute Gasteiger partial charge is 0.237 e. The molecule has 0 spiro atoms. The molecule has 1 saturated carbocycles. The summed E-state index contributed by atoms with van der Waals surface area (Å²) < 4.78 is 41.9. The number of sulfonamides is 1. The van der Waals surface area contributed by atoms with Crippen molar-refractivity contribution in [2.24, 2.45) is 0 Å². The Morgan fingerprint density at radius 1 is 1.30 bits per heavy atom. The van der Waals surface area contributed by atoms with Gasteiger partial charge in [-0.1, -0.05) is 43.7 Å². The van der Waals surface area contributed by atoms with Gasteiger partial charge in [0.2, 0.25) is 10.0 Å². The van der Waals surface area contributed by atoms with E-state index in [9.17, 15) is 8.42 Å². The third kappa shape index (κ3) is 3.38. The molecule has 1 aromatic rings. The van der Waals surface area contributed by atoms with Gasteiger partial charge in [0.05, 0.1) is 11.8 Å². The average Bonchev–Trinajstić information content (AvgIpc) is 2.42. The van der Waals surface area contributed by atoms with E-state index in [-0.39, 0.29) is 5.75 Å². The molecular formula is C15H22FNO2S. The Balaban J connectivity index is 2.25. The first-order valence-corrected chi connectivity index (χ1v) is 8.87. The molecule has 0 radical (unpaired) electrons. The lowest BCUT2D eigenvalue weighted by atomic mass is 9.78. The van der Waals surface area contributed by atoms with Crippen LogP contribution in [0.15, 0.2) is 30.3 Å². The van der Waals surface area contributed by atoms with Crippen molar-refractivity contribution in [3.8, 4) is 0 Å². The second-order valence-electron chi connectivity index (χ2n) is 5.46. The van der Waals surface area contributed by atoms with Crippen LogP contribution in [-0.4, -0.2) is 20.2 Å². The van der Waals surface area contributed by atoms with Gasteiger partial charge in [-0.05, 0) is 31.2 Å². The first-order valence-electron chi connectivity index (χ1n) is 7.22. The summed E-state index contributed by atoms with van der Waals surface area (Å²) in [5.74, 6) is 0.0500. The molecule has 112 valence electrons. The lowest BCUT2D eigenvalue weighted by molar-refractivity contribution is 0.0713. The lowest BCUT2D eigenvalue weighted by Crippen LogP contribution is -2.50. The molecule has 0 bridgehead atoms. The number of halogens is 1. The summed E-state index contributed by atoms with van der Waals surface area (Å²) in [6, 6.07) is 8.26. The number of hydrogen-bond donors (Lipinski definition) is 1. The van der Waals surface area contributed by atoms with Crippen LogP contribution in [0, 0.1) is 0 Å². The first kappa shape index (κ1) is 15.4. The molecule has 2 rings (SSSR count). The highest BCUT2D eigenvalue weighted by Gasteiger charge is 2.44. The van der Waals surface area contributed by atoms with Crippen LogP contribution in [0.3, 0.4) is 0 Å². The van der Waals surface area contributed by atoms with Crippen molar-refractivity contribution in [1.29, 1.82) is 0 Å². The van der Waals surface area contributed by atoms with Crippen molar-refractivity contribution in [3.63, 3.8) is 0 Å². The summed E-state index contributed by atoms with van der Waals surface area (Å²) >= 11 is 0. The first-order chi connectivity index (χ1) is 9.48. The highest BCUT2D eigenvalue weighted by Crippen LogP contribution is 2.41. The normalized spacial score (nSPS) is 27.4. The Hall–Kier alpha value is -0.940. The Morgan fingerprint density at radius 2 is 2.00 bits per heavy atom. The number of hydrogen-bond acceptors (Lipinski definition) is 2. The van der Waals surface area contributed by atoms with Gasteiger partial charge in [0.25, 0.3) is 0 Å². The van der Waals surface area contributed by atoms with Crippen LogP contribution < -0.4 is 4.72 Å². The van der Waals surface area contributed by atoms with E-state index in [4.69, 9.17) is 0 Å². The van der Waals surface area contributed by atoms with Gasteiger partial charge in [-0.3, -0.25) is 0 Å². The minimum absolute atomic E-state index is 0.0500. The van der Waals surface area contributed by atoms with Gasteiger partial charge in [-0.25, -0.2) is 17.5 Å². The van der Waals surface area contributed by atoms with Gasteiger partial charge in [0.15, 0.2) is 5.67 Å². The van der Waals surface area contributed by atoms with Gasteiger partial charge in [0.1, 0.15) is 0 Å². The molecule has 0 heterocycles. The molecule has 0 saturated heterocycles. The fourth-order valence-corrected chi connectivity index (χ4v) is 4.28. The zero-order valence-corrected chi connectivity index (χ0v) is 12.6. The molecule has 2 unspecified atom stereocenters. The van der Waals surface area contributed by atoms with Gasteiger partial charge < -0.3 is 0 Å². The summed E-state index contributed by atoms with van der Waals surface area (Å²) in [4.78, 5) is 0. The van der Waals surface area contributed by atoms with Crippen molar-refractivity contribution in [2.45, 2.75) is 50.7 Å². The lowest BCUT2D eigenvalue weighted by Gasteiger charge is -2.38. The van der Waals surface area contributed by atoms with E-state index >= 15 is 4.39 Å². The SMILES string of the molecule is CCCS(=O)(=O)NC1CCCCC1(F)c1ccccc1. The molecule has 1 aliphatic carbocycles.